The molecule has 2 N–H and O–H groups in total. The van der Waals surface area contributed by atoms with Crippen molar-refractivity contribution in [2.24, 2.45) is 0 Å². The third-order valence-electron chi connectivity index (χ3n) is 2.63. The molecule has 100 valence electrons. The molecular formula is C13H14BrN3O2. The summed E-state index contributed by atoms with van der Waals surface area (Å²) in [4.78, 5) is 11.8. The second-order valence-electron chi connectivity index (χ2n) is 4.14. The van der Waals surface area contributed by atoms with E-state index < -0.39 is 0 Å². The zero-order valence-corrected chi connectivity index (χ0v) is 12.0. The van der Waals surface area contributed by atoms with E-state index in [9.17, 15) is 9.90 Å². The van der Waals surface area contributed by atoms with Gasteiger partial charge in [-0.1, -0.05) is 12.1 Å². The Labute approximate surface area is 119 Å². The van der Waals surface area contributed by atoms with Gasteiger partial charge in [0.2, 0.25) is 5.91 Å². The van der Waals surface area contributed by atoms with E-state index in [2.05, 4.69) is 26.3 Å². The molecule has 0 unspecified atom stereocenters. The van der Waals surface area contributed by atoms with Crippen LogP contribution in [0.3, 0.4) is 0 Å². The van der Waals surface area contributed by atoms with Crippen LogP contribution in [-0.4, -0.2) is 20.8 Å². The summed E-state index contributed by atoms with van der Waals surface area (Å²) in [5, 5.41) is 16.5. The molecular weight excluding hydrogens is 310 g/mol. The Balaban J connectivity index is 1.90. The molecule has 0 atom stereocenters. The van der Waals surface area contributed by atoms with E-state index in [4.69, 9.17) is 0 Å². The minimum atomic E-state index is -0.161. The lowest BCUT2D eigenvalue weighted by molar-refractivity contribution is -0.116. The minimum Gasteiger partial charge on any atom is -0.506 e. The first-order valence-corrected chi connectivity index (χ1v) is 6.63. The fourth-order valence-electron chi connectivity index (χ4n) is 1.62. The maximum Gasteiger partial charge on any atom is 0.226 e. The summed E-state index contributed by atoms with van der Waals surface area (Å²) < 4.78 is 2.64. The average molecular weight is 324 g/mol. The Morgan fingerprint density at radius 2 is 2.21 bits per heavy atom. The lowest BCUT2D eigenvalue weighted by Gasteiger charge is -2.06. The first kappa shape index (κ1) is 13.6. The SMILES string of the molecule is Cc1nn(CCC(=O)Nc2ccccc2O)cc1Br. The van der Waals surface area contributed by atoms with E-state index in [1.807, 2.05) is 13.1 Å². The van der Waals surface area contributed by atoms with E-state index in [-0.39, 0.29) is 11.7 Å². The number of phenolic OH excluding ortho intramolecular Hbond substituents is 1. The molecule has 0 aliphatic carbocycles. The number of hydrogen-bond acceptors (Lipinski definition) is 3. The van der Waals surface area contributed by atoms with Gasteiger partial charge in [0.05, 0.1) is 15.9 Å². The summed E-state index contributed by atoms with van der Waals surface area (Å²) in [5.74, 6) is -0.0979. The smallest absolute Gasteiger partial charge is 0.226 e. The fraction of sp³-hybridized carbons (Fsp3) is 0.231. The molecule has 1 heterocycles. The van der Waals surface area contributed by atoms with Crippen LogP contribution < -0.4 is 5.32 Å². The van der Waals surface area contributed by atoms with Crippen LogP contribution in [-0.2, 0) is 11.3 Å². The van der Waals surface area contributed by atoms with Crippen molar-refractivity contribution in [3.05, 3.63) is 40.6 Å². The normalized spacial score (nSPS) is 10.4. The van der Waals surface area contributed by atoms with Crippen LogP contribution in [0.4, 0.5) is 5.69 Å². The molecule has 0 aliphatic rings. The summed E-state index contributed by atoms with van der Waals surface area (Å²) >= 11 is 3.37. The van der Waals surface area contributed by atoms with Gasteiger partial charge in [-0.05, 0) is 35.0 Å². The van der Waals surface area contributed by atoms with Crippen LogP contribution in [0.15, 0.2) is 34.9 Å². The number of para-hydroxylation sites is 2. The van der Waals surface area contributed by atoms with Crippen LogP contribution in [0.1, 0.15) is 12.1 Å². The van der Waals surface area contributed by atoms with Gasteiger partial charge >= 0.3 is 0 Å². The standard InChI is InChI=1S/C13H14BrN3O2/c1-9-10(14)8-17(16-9)7-6-13(19)15-11-4-2-3-5-12(11)18/h2-5,8,18H,6-7H2,1H3,(H,15,19). The molecule has 0 saturated heterocycles. The number of phenols is 1. The molecule has 1 aromatic heterocycles. The van der Waals surface area contributed by atoms with Gasteiger partial charge in [-0.25, -0.2) is 0 Å². The number of hydrogen-bond donors (Lipinski definition) is 2. The van der Waals surface area contributed by atoms with Gasteiger partial charge in [0.15, 0.2) is 0 Å². The number of halogens is 1. The third-order valence-corrected chi connectivity index (χ3v) is 3.41. The van der Waals surface area contributed by atoms with E-state index in [0.29, 0.717) is 18.7 Å². The van der Waals surface area contributed by atoms with Crippen molar-refractivity contribution >= 4 is 27.5 Å². The molecule has 1 aromatic carbocycles. The monoisotopic (exact) mass is 323 g/mol. The highest BCUT2D eigenvalue weighted by Crippen LogP contribution is 2.21. The van der Waals surface area contributed by atoms with E-state index in [1.54, 1.807) is 22.9 Å². The third kappa shape index (κ3) is 3.57. The second-order valence-corrected chi connectivity index (χ2v) is 5.00. The molecule has 0 radical (unpaired) electrons. The van der Waals surface area contributed by atoms with Crippen LogP contribution in [0, 0.1) is 6.92 Å². The molecule has 2 aromatic rings. The number of benzene rings is 1. The fourth-order valence-corrected chi connectivity index (χ4v) is 1.93. The number of anilines is 1. The number of rotatable bonds is 4. The molecule has 0 saturated carbocycles. The predicted molar refractivity (Wildman–Crippen MR) is 76.0 cm³/mol. The first-order valence-electron chi connectivity index (χ1n) is 5.83. The number of nitrogens with one attached hydrogen (secondary N) is 1. The van der Waals surface area contributed by atoms with Crippen molar-refractivity contribution in [3.63, 3.8) is 0 Å². The van der Waals surface area contributed by atoms with Gasteiger partial charge in [-0.15, -0.1) is 0 Å². The molecule has 0 aliphatic heterocycles. The van der Waals surface area contributed by atoms with Gasteiger partial charge in [-0.3, -0.25) is 9.48 Å². The molecule has 6 heteroatoms. The van der Waals surface area contributed by atoms with Crippen molar-refractivity contribution in [1.29, 1.82) is 0 Å². The highest BCUT2D eigenvalue weighted by molar-refractivity contribution is 9.10. The Bertz CT molecular complexity index is 576. The van der Waals surface area contributed by atoms with Crippen LogP contribution in [0.25, 0.3) is 0 Å². The van der Waals surface area contributed by atoms with Gasteiger partial charge < -0.3 is 10.4 Å². The summed E-state index contributed by atoms with van der Waals surface area (Å²) in [5.41, 5.74) is 1.31. The van der Waals surface area contributed by atoms with E-state index >= 15 is 0 Å². The summed E-state index contributed by atoms with van der Waals surface area (Å²) in [6.07, 6.45) is 2.13. The quantitative estimate of drug-likeness (QED) is 0.850. The average Bonchev–Trinajstić information content (AvgIpc) is 2.69. The zero-order chi connectivity index (χ0) is 13.8. The molecule has 0 fully saturated rings. The van der Waals surface area contributed by atoms with Crippen LogP contribution in [0.5, 0.6) is 5.75 Å². The van der Waals surface area contributed by atoms with E-state index in [0.717, 1.165) is 10.2 Å². The highest BCUT2D eigenvalue weighted by atomic mass is 79.9. The molecule has 0 bridgehead atoms. The van der Waals surface area contributed by atoms with Crippen molar-refractivity contribution < 1.29 is 9.90 Å². The van der Waals surface area contributed by atoms with Crippen molar-refractivity contribution in [3.8, 4) is 5.75 Å². The number of aryl methyl sites for hydroxylation is 2. The second kappa shape index (κ2) is 5.88. The van der Waals surface area contributed by atoms with Gasteiger partial charge in [0.25, 0.3) is 0 Å². The van der Waals surface area contributed by atoms with Crippen molar-refractivity contribution in [2.45, 2.75) is 19.9 Å². The van der Waals surface area contributed by atoms with Gasteiger partial charge in [0.1, 0.15) is 5.75 Å². The highest BCUT2D eigenvalue weighted by Gasteiger charge is 2.07. The minimum absolute atomic E-state index is 0.0635. The number of carbonyl (C=O) groups is 1. The topological polar surface area (TPSA) is 67.2 Å². The number of amides is 1. The molecule has 1 amide bonds. The Hall–Kier alpha value is -1.82. The maximum absolute atomic E-state index is 11.8. The van der Waals surface area contributed by atoms with Crippen molar-refractivity contribution in [2.75, 3.05) is 5.32 Å². The zero-order valence-electron chi connectivity index (χ0n) is 10.4. The lowest BCUT2D eigenvalue weighted by atomic mass is 10.3. The maximum atomic E-state index is 11.8. The lowest BCUT2D eigenvalue weighted by Crippen LogP contribution is -2.14. The Morgan fingerprint density at radius 3 is 2.84 bits per heavy atom. The number of aromatic hydroxyl groups is 1. The van der Waals surface area contributed by atoms with E-state index in [1.165, 1.54) is 6.07 Å². The summed E-state index contributed by atoms with van der Waals surface area (Å²) in [7, 11) is 0. The van der Waals surface area contributed by atoms with Crippen LogP contribution >= 0.6 is 15.9 Å². The van der Waals surface area contributed by atoms with Crippen LogP contribution in [0.2, 0.25) is 0 Å². The summed E-state index contributed by atoms with van der Waals surface area (Å²) in [6.45, 7) is 2.38. The molecule has 19 heavy (non-hydrogen) atoms. The summed E-state index contributed by atoms with van der Waals surface area (Å²) in [6, 6.07) is 6.64. The largest absolute Gasteiger partial charge is 0.506 e. The Kier molecular flexibility index (Phi) is 4.21. The molecule has 0 spiro atoms. The molecule has 5 nitrogen and oxygen atoms in total. The number of carbonyl (C=O) groups excluding carboxylic acids is 1. The molecule has 2 rings (SSSR count). The predicted octanol–water partition coefficient (Wildman–Crippen LogP) is 2.69. The first-order chi connectivity index (χ1) is 9.06. The Morgan fingerprint density at radius 1 is 1.47 bits per heavy atom. The van der Waals surface area contributed by atoms with Gasteiger partial charge in [-0.2, -0.15) is 5.10 Å². The number of nitrogens with zero attached hydrogens (tertiary/aromatic N) is 2. The van der Waals surface area contributed by atoms with Gasteiger partial charge in [0, 0.05) is 19.2 Å². The number of aromatic nitrogens is 2. The van der Waals surface area contributed by atoms with Crippen molar-refractivity contribution in [1.82, 2.24) is 9.78 Å².